The number of aliphatic hydroxyl groups is 2. The average Bonchev–Trinajstić information content (AvgIpc) is 3.16. The second-order valence-corrected chi connectivity index (χ2v) is 10.5. The second-order valence-electron chi connectivity index (χ2n) is 9.47. The van der Waals surface area contributed by atoms with Crippen LogP contribution in [0.2, 0.25) is 0 Å². The molecule has 0 saturated carbocycles. The summed E-state index contributed by atoms with van der Waals surface area (Å²) in [5.41, 5.74) is 0.460. The van der Waals surface area contributed by atoms with Crippen LogP contribution in [0.15, 0.2) is 35.3 Å². The first-order valence-electron chi connectivity index (χ1n) is 11.4. The van der Waals surface area contributed by atoms with E-state index < -0.39 is 35.6 Å². The number of hydrogen-bond donors (Lipinski definition) is 2. The monoisotopic (exact) mass is 475 g/mol. The smallest absolute Gasteiger partial charge is 0.309 e. The Labute approximate surface area is 201 Å². The fourth-order valence-corrected chi connectivity index (χ4v) is 4.45. The highest BCUT2D eigenvalue weighted by atomic mass is 32.1. The third-order valence-corrected chi connectivity index (χ3v) is 7.11. The van der Waals surface area contributed by atoms with Crippen molar-refractivity contribution in [2.45, 2.75) is 79.1 Å². The third-order valence-electron chi connectivity index (χ3n) is 6.32. The highest BCUT2D eigenvalue weighted by Crippen LogP contribution is 2.31. The standard InChI is InChI=1S/C26H37NO5S/c1-16-11-9-7-8-10-12-21(17(2)13-20-15-33-19(4)27-20)32-23(29)14-22(28)26(5,6)25(31)18(3)24(16)30/h8-11,13,15-16,18,21-22,24,28,30H,7,12,14H2,1-6H3/t16-,18+,21-,22-,24-/m0/s1. The van der Waals surface area contributed by atoms with E-state index in [1.54, 1.807) is 32.1 Å². The lowest BCUT2D eigenvalue weighted by molar-refractivity contribution is -0.154. The summed E-state index contributed by atoms with van der Waals surface area (Å²) in [6, 6.07) is 0. The zero-order chi connectivity index (χ0) is 24.8. The maximum absolute atomic E-state index is 13.1. The number of aryl methyl sites for hydroxylation is 1. The van der Waals surface area contributed by atoms with Gasteiger partial charge in [0.2, 0.25) is 0 Å². The first-order valence-corrected chi connectivity index (χ1v) is 12.3. The van der Waals surface area contributed by atoms with Crippen LogP contribution in [0.1, 0.15) is 64.6 Å². The SMILES string of the molecule is CC(=Cc1csc(C)n1)[C@@H]1CC=CCC=C[C@H](C)[C@H](O)[C@@H](C)C(=O)C(C)(C)[C@@H](O)CC(=O)O1. The maximum atomic E-state index is 13.1. The Morgan fingerprint density at radius 2 is 1.91 bits per heavy atom. The summed E-state index contributed by atoms with van der Waals surface area (Å²) in [4.78, 5) is 30.3. The van der Waals surface area contributed by atoms with Crippen LogP contribution in [0.25, 0.3) is 6.08 Å². The lowest BCUT2D eigenvalue weighted by atomic mass is 9.73. The highest BCUT2D eigenvalue weighted by Gasteiger charge is 2.42. The molecule has 182 valence electrons. The van der Waals surface area contributed by atoms with E-state index in [-0.39, 0.29) is 18.1 Å². The van der Waals surface area contributed by atoms with Gasteiger partial charge in [0.05, 0.1) is 34.7 Å². The lowest BCUT2D eigenvalue weighted by Gasteiger charge is -2.34. The predicted octanol–water partition coefficient (Wildman–Crippen LogP) is 4.65. The van der Waals surface area contributed by atoms with Crippen molar-refractivity contribution in [3.8, 4) is 0 Å². The van der Waals surface area contributed by atoms with Gasteiger partial charge in [0.15, 0.2) is 0 Å². The largest absolute Gasteiger partial charge is 0.457 e. The van der Waals surface area contributed by atoms with Crippen molar-refractivity contribution < 1.29 is 24.5 Å². The fourth-order valence-electron chi connectivity index (χ4n) is 3.88. The van der Waals surface area contributed by atoms with E-state index in [9.17, 15) is 19.8 Å². The molecule has 1 aliphatic rings. The van der Waals surface area contributed by atoms with Crippen LogP contribution in [0.5, 0.6) is 0 Å². The van der Waals surface area contributed by atoms with E-state index in [4.69, 9.17) is 4.74 Å². The Hall–Kier alpha value is -2.09. The lowest BCUT2D eigenvalue weighted by Crippen LogP contribution is -2.45. The molecule has 6 nitrogen and oxygen atoms in total. The molecule has 1 aromatic heterocycles. The van der Waals surface area contributed by atoms with E-state index in [1.807, 2.05) is 56.5 Å². The summed E-state index contributed by atoms with van der Waals surface area (Å²) in [7, 11) is 0. The number of Topliss-reactive ketones (excluding diaryl/α,β-unsaturated/α-hetero) is 1. The molecule has 2 rings (SSSR count). The molecule has 5 atom stereocenters. The molecule has 2 N–H and O–H groups in total. The van der Waals surface area contributed by atoms with Crippen LogP contribution >= 0.6 is 11.3 Å². The minimum atomic E-state index is -1.23. The van der Waals surface area contributed by atoms with Gasteiger partial charge in [0.1, 0.15) is 11.9 Å². The molecule has 0 radical (unpaired) electrons. The molecule has 1 aromatic rings. The van der Waals surface area contributed by atoms with Crippen molar-refractivity contribution in [1.82, 2.24) is 4.98 Å². The highest BCUT2D eigenvalue weighted by molar-refractivity contribution is 7.09. The van der Waals surface area contributed by atoms with Gasteiger partial charge in [-0.2, -0.15) is 0 Å². The minimum absolute atomic E-state index is 0.220. The first kappa shape index (κ1) is 27.2. The maximum Gasteiger partial charge on any atom is 0.309 e. The molecule has 0 spiro atoms. The van der Waals surface area contributed by atoms with E-state index in [1.165, 1.54) is 0 Å². The number of hydrogen-bond acceptors (Lipinski definition) is 7. The number of nitrogens with zero attached hydrogens (tertiary/aromatic N) is 1. The first-order chi connectivity index (χ1) is 15.4. The van der Waals surface area contributed by atoms with Gasteiger partial charge in [-0.05, 0) is 31.9 Å². The van der Waals surface area contributed by atoms with Gasteiger partial charge in [-0.25, -0.2) is 4.98 Å². The van der Waals surface area contributed by atoms with Crippen LogP contribution in [-0.4, -0.2) is 45.3 Å². The molecular weight excluding hydrogens is 438 g/mol. The van der Waals surface area contributed by atoms with Crippen molar-refractivity contribution >= 4 is 29.2 Å². The van der Waals surface area contributed by atoms with Crippen molar-refractivity contribution in [1.29, 1.82) is 0 Å². The number of ether oxygens (including phenoxy) is 1. The summed E-state index contributed by atoms with van der Waals surface area (Å²) >= 11 is 1.55. The topological polar surface area (TPSA) is 96.7 Å². The molecule has 0 amide bonds. The summed E-state index contributed by atoms with van der Waals surface area (Å²) in [6.07, 6.45) is 7.94. The molecule has 0 unspecified atom stereocenters. The molecule has 33 heavy (non-hydrogen) atoms. The molecule has 0 bridgehead atoms. The molecular formula is C26H37NO5S. The summed E-state index contributed by atoms with van der Waals surface area (Å²) in [5.74, 6) is -1.76. The number of rotatable bonds is 2. The molecule has 0 saturated heterocycles. The Bertz CT molecular complexity index is 914. The third kappa shape index (κ3) is 7.45. The number of carbonyl (C=O) groups excluding carboxylic acids is 2. The van der Waals surface area contributed by atoms with Gasteiger partial charge in [-0.3, -0.25) is 9.59 Å². The summed E-state index contributed by atoms with van der Waals surface area (Å²) in [6.45, 7) is 10.6. The fraction of sp³-hybridized carbons (Fsp3) is 0.577. The Kier molecular flexibility index (Phi) is 9.76. The van der Waals surface area contributed by atoms with Crippen molar-refractivity contribution in [3.05, 3.63) is 46.0 Å². The molecule has 7 heteroatoms. The second kappa shape index (κ2) is 11.9. The normalized spacial score (nSPS) is 30.3. The van der Waals surface area contributed by atoms with Gasteiger partial charge in [-0.15, -0.1) is 11.3 Å². The summed E-state index contributed by atoms with van der Waals surface area (Å²) in [5, 5.41) is 24.3. The zero-order valence-corrected chi connectivity index (χ0v) is 21.3. The Morgan fingerprint density at radius 1 is 1.21 bits per heavy atom. The van der Waals surface area contributed by atoms with E-state index in [0.29, 0.717) is 12.8 Å². The summed E-state index contributed by atoms with van der Waals surface area (Å²) < 4.78 is 5.73. The van der Waals surface area contributed by atoms with Crippen LogP contribution in [0.3, 0.4) is 0 Å². The number of aromatic nitrogens is 1. The Morgan fingerprint density at radius 3 is 2.55 bits per heavy atom. The van der Waals surface area contributed by atoms with Crippen LogP contribution < -0.4 is 0 Å². The van der Waals surface area contributed by atoms with Gasteiger partial charge < -0.3 is 14.9 Å². The van der Waals surface area contributed by atoms with Gasteiger partial charge in [0, 0.05) is 23.6 Å². The predicted molar refractivity (Wildman–Crippen MR) is 132 cm³/mol. The molecule has 1 aliphatic heterocycles. The quantitative estimate of drug-likeness (QED) is 0.477. The molecule has 0 aliphatic carbocycles. The van der Waals surface area contributed by atoms with Crippen molar-refractivity contribution in [3.63, 3.8) is 0 Å². The van der Waals surface area contributed by atoms with Gasteiger partial charge >= 0.3 is 5.97 Å². The van der Waals surface area contributed by atoms with Crippen LogP contribution in [0, 0.1) is 24.2 Å². The average molecular weight is 476 g/mol. The van der Waals surface area contributed by atoms with E-state index in [2.05, 4.69) is 4.98 Å². The minimum Gasteiger partial charge on any atom is -0.457 e. The van der Waals surface area contributed by atoms with Crippen LogP contribution in [-0.2, 0) is 14.3 Å². The van der Waals surface area contributed by atoms with E-state index >= 15 is 0 Å². The van der Waals surface area contributed by atoms with Crippen molar-refractivity contribution in [2.75, 3.05) is 0 Å². The molecule has 2 heterocycles. The number of aliphatic hydroxyl groups excluding tert-OH is 2. The van der Waals surface area contributed by atoms with Gasteiger partial charge in [-0.1, -0.05) is 52.0 Å². The zero-order valence-electron chi connectivity index (χ0n) is 20.4. The number of carbonyl (C=O) groups is 2. The number of cyclic esters (lactones) is 1. The van der Waals surface area contributed by atoms with Gasteiger partial charge in [0.25, 0.3) is 0 Å². The number of ketones is 1. The van der Waals surface area contributed by atoms with Crippen molar-refractivity contribution in [2.24, 2.45) is 17.3 Å². The van der Waals surface area contributed by atoms with Crippen LogP contribution in [0.4, 0.5) is 0 Å². The number of esters is 1. The Balaban J connectivity index is 2.31. The number of allylic oxidation sites excluding steroid dienone is 2. The number of thiazole rings is 1. The molecule has 0 fully saturated rings. The molecule has 0 aromatic carbocycles. The van der Waals surface area contributed by atoms with E-state index in [0.717, 1.165) is 16.3 Å².